The van der Waals surface area contributed by atoms with E-state index in [0.717, 1.165) is 0 Å². The summed E-state index contributed by atoms with van der Waals surface area (Å²) in [7, 11) is 2.46. The van der Waals surface area contributed by atoms with Crippen LogP contribution in [0.3, 0.4) is 0 Å². The molecule has 0 fully saturated rings. The molecule has 118 valence electrons. The van der Waals surface area contributed by atoms with E-state index in [-0.39, 0.29) is 39.8 Å². The van der Waals surface area contributed by atoms with Crippen molar-refractivity contribution < 1.29 is 78.1 Å². The summed E-state index contributed by atoms with van der Waals surface area (Å²) >= 11 is -1.65. The van der Waals surface area contributed by atoms with Crippen LogP contribution in [0.2, 0.25) is 0 Å². The molecule has 0 spiro atoms. The number of ketones is 1. The fourth-order valence-corrected chi connectivity index (χ4v) is 2.21. The number of hydrogen-bond donors (Lipinski definition) is 2. The van der Waals surface area contributed by atoms with E-state index in [1.165, 1.54) is 14.2 Å². The summed E-state index contributed by atoms with van der Waals surface area (Å²) in [5.74, 6) is -0.327. The maximum Gasteiger partial charge on any atom is 1.00 e. The second-order valence-corrected chi connectivity index (χ2v) is 5.14. The zero-order chi connectivity index (χ0) is 15.4. The van der Waals surface area contributed by atoms with Gasteiger partial charge < -0.3 is 0 Å². The van der Waals surface area contributed by atoms with Crippen molar-refractivity contribution in [3.05, 3.63) is 0 Å². The summed E-state index contributed by atoms with van der Waals surface area (Å²) in [5.41, 5.74) is 0. The summed E-state index contributed by atoms with van der Waals surface area (Å²) in [6.45, 7) is 0.405. The van der Waals surface area contributed by atoms with E-state index < -0.39 is 40.0 Å². The van der Waals surface area contributed by atoms with Crippen LogP contribution in [-0.4, -0.2) is 49.2 Å². The topological polar surface area (TPSA) is 93.7 Å². The minimum absolute atomic E-state index is 0. The quantitative estimate of drug-likeness (QED) is 0.166. The summed E-state index contributed by atoms with van der Waals surface area (Å²) < 4.78 is 21.0. The molecule has 2 N–H and O–H groups in total. The molecule has 0 aromatic heterocycles. The SMILES string of the molecule is COC(=O)NCCCCC(NC(=O)OC)C(=O)C[I-]F.[Na+]. The zero-order valence-electron chi connectivity index (χ0n) is 12.4. The van der Waals surface area contributed by atoms with Gasteiger partial charge in [0.1, 0.15) is 0 Å². The van der Waals surface area contributed by atoms with E-state index in [1.807, 2.05) is 0 Å². The molecule has 0 bridgehead atoms. The normalized spacial score (nSPS) is 11.0. The van der Waals surface area contributed by atoms with Crippen molar-refractivity contribution in [2.75, 3.05) is 25.2 Å². The first-order valence-electron chi connectivity index (χ1n) is 5.94. The summed E-state index contributed by atoms with van der Waals surface area (Å²) in [6, 6.07) is -0.740. The molecule has 0 aliphatic heterocycles. The maximum atomic E-state index is 12.3. The Morgan fingerprint density at radius 3 is 2.29 bits per heavy atom. The first-order valence-corrected chi connectivity index (χ1v) is 8.28. The Bertz CT molecular complexity index is 336. The Balaban J connectivity index is 0. The number of Topliss-reactive ketones (excluding diaryl/α,β-unsaturated/α-hetero) is 1. The van der Waals surface area contributed by atoms with E-state index in [4.69, 9.17) is 0 Å². The Hall–Kier alpha value is -0.130. The molecule has 0 rings (SSSR count). The summed E-state index contributed by atoms with van der Waals surface area (Å²) in [6.07, 6.45) is 0.350. The molecule has 0 heterocycles. The summed E-state index contributed by atoms with van der Waals surface area (Å²) in [5, 5.41) is 4.89. The number of unbranched alkanes of at least 4 members (excludes halogenated alkanes) is 1. The van der Waals surface area contributed by atoms with Crippen LogP contribution in [-0.2, 0) is 14.3 Å². The van der Waals surface area contributed by atoms with Gasteiger partial charge >= 0.3 is 157 Å². The zero-order valence-corrected chi connectivity index (χ0v) is 16.6. The van der Waals surface area contributed by atoms with Crippen LogP contribution in [0.1, 0.15) is 19.3 Å². The predicted molar refractivity (Wildman–Crippen MR) is 64.6 cm³/mol. The van der Waals surface area contributed by atoms with Crippen LogP contribution in [0.15, 0.2) is 0 Å². The molecule has 0 aliphatic carbocycles. The number of carbonyl (C=O) groups excluding carboxylic acids is 3. The first kappa shape index (κ1) is 23.1. The molecule has 7 nitrogen and oxygen atoms in total. The van der Waals surface area contributed by atoms with E-state index in [1.54, 1.807) is 0 Å². The van der Waals surface area contributed by atoms with Crippen molar-refractivity contribution in [2.45, 2.75) is 25.3 Å². The van der Waals surface area contributed by atoms with Gasteiger partial charge in [0.25, 0.3) is 0 Å². The Labute approximate surface area is 156 Å². The fourth-order valence-electron chi connectivity index (χ4n) is 1.39. The van der Waals surface area contributed by atoms with E-state index >= 15 is 0 Å². The molecule has 0 saturated carbocycles. The molecule has 2 amide bonds. The average Bonchev–Trinajstić information content (AvgIpc) is 2.45. The molecule has 0 radical (unpaired) electrons. The molecule has 0 aromatic carbocycles. The summed E-state index contributed by atoms with van der Waals surface area (Å²) in [4.78, 5) is 33.5. The third-order valence-corrected chi connectivity index (χ3v) is 3.46. The number of amides is 2. The largest absolute Gasteiger partial charge is 1.00 e. The van der Waals surface area contributed by atoms with Crippen LogP contribution < -0.4 is 62.0 Å². The Morgan fingerprint density at radius 2 is 1.76 bits per heavy atom. The van der Waals surface area contributed by atoms with Gasteiger partial charge in [0.2, 0.25) is 0 Å². The number of nitrogens with one attached hydrogen (secondary N) is 2. The third-order valence-electron chi connectivity index (χ3n) is 2.42. The molecule has 1 atom stereocenters. The van der Waals surface area contributed by atoms with Gasteiger partial charge in [-0.3, -0.25) is 0 Å². The second kappa shape index (κ2) is 14.8. The molecular formula is C11H19FIN2NaO5. The van der Waals surface area contributed by atoms with Crippen LogP contribution in [0.5, 0.6) is 0 Å². The fraction of sp³-hybridized carbons (Fsp3) is 0.727. The standard InChI is InChI=1S/C11H19FIN2O5.Na/c1-19-10(17)14-6-4-3-5-8(9(16)7-13-12)15-11(18)20-2;/h8H,3-7H2,1-2H3,(H,14,17)(H,15,18);/q-1;+1. The van der Waals surface area contributed by atoms with Gasteiger partial charge in [-0.2, -0.15) is 0 Å². The van der Waals surface area contributed by atoms with Crippen molar-refractivity contribution in [1.82, 2.24) is 10.6 Å². The molecular weight excluding hydrogens is 409 g/mol. The van der Waals surface area contributed by atoms with Crippen LogP contribution in [0.4, 0.5) is 12.4 Å². The van der Waals surface area contributed by atoms with Crippen molar-refractivity contribution in [3.63, 3.8) is 0 Å². The van der Waals surface area contributed by atoms with Gasteiger partial charge in [-0.1, -0.05) is 0 Å². The molecule has 10 heteroatoms. The van der Waals surface area contributed by atoms with Crippen molar-refractivity contribution in [2.24, 2.45) is 0 Å². The van der Waals surface area contributed by atoms with E-state index in [2.05, 4.69) is 20.1 Å². The first-order chi connectivity index (χ1) is 9.54. The van der Waals surface area contributed by atoms with Crippen molar-refractivity contribution >= 4 is 18.0 Å². The Kier molecular flexibility index (Phi) is 16.3. The van der Waals surface area contributed by atoms with Gasteiger partial charge in [-0.05, 0) is 0 Å². The van der Waals surface area contributed by atoms with Gasteiger partial charge in [0.05, 0.1) is 0 Å². The number of carbonyl (C=O) groups is 3. The predicted octanol–water partition coefficient (Wildman–Crippen LogP) is -5.22. The van der Waals surface area contributed by atoms with Crippen LogP contribution in [0, 0.1) is 0 Å². The van der Waals surface area contributed by atoms with Gasteiger partial charge in [-0.25, -0.2) is 0 Å². The van der Waals surface area contributed by atoms with Gasteiger partial charge in [0.15, 0.2) is 0 Å². The maximum absolute atomic E-state index is 12.3. The van der Waals surface area contributed by atoms with Crippen LogP contribution in [0.25, 0.3) is 0 Å². The minimum atomic E-state index is -1.65. The van der Waals surface area contributed by atoms with Gasteiger partial charge in [0, 0.05) is 0 Å². The number of halogens is 2. The van der Waals surface area contributed by atoms with E-state index in [0.29, 0.717) is 25.8 Å². The number of hydrogen-bond acceptors (Lipinski definition) is 5. The smallest absolute Gasteiger partial charge is 1.00 e. The molecule has 0 aromatic rings. The molecule has 0 saturated heterocycles. The number of ether oxygens (including phenoxy) is 2. The number of rotatable bonds is 9. The van der Waals surface area contributed by atoms with Crippen molar-refractivity contribution in [1.29, 1.82) is 0 Å². The van der Waals surface area contributed by atoms with Crippen LogP contribution >= 0.6 is 0 Å². The third kappa shape index (κ3) is 12.1. The van der Waals surface area contributed by atoms with Crippen molar-refractivity contribution in [3.8, 4) is 0 Å². The van der Waals surface area contributed by atoms with E-state index in [9.17, 15) is 17.2 Å². The molecule has 0 aliphatic rings. The Morgan fingerprint density at radius 1 is 1.14 bits per heavy atom. The monoisotopic (exact) mass is 428 g/mol. The second-order valence-electron chi connectivity index (χ2n) is 3.80. The average molecular weight is 428 g/mol. The molecule has 1 unspecified atom stereocenters. The number of methoxy groups -OCH3 is 2. The van der Waals surface area contributed by atoms with Gasteiger partial charge in [-0.15, -0.1) is 0 Å². The molecule has 21 heavy (non-hydrogen) atoms. The number of alkyl halides is 1. The minimum Gasteiger partial charge on any atom is 1.00 e. The number of alkyl carbamates (subject to hydrolysis) is 2.